The van der Waals surface area contributed by atoms with Crippen LogP contribution in [0.4, 0.5) is 0 Å². The molecule has 0 amide bonds. The van der Waals surface area contributed by atoms with Crippen LogP contribution in [-0.2, 0) is 19.5 Å². The van der Waals surface area contributed by atoms with Gasteiger partial charge in [0.15, 0.2) is 0 Å². The number of imidazole rings is 1. The first kappa shape index (κ1) is 17.5. The van der Waals surface area contributed by atoms with Crippen molar-refractivity contribution in [1.29, 1.82) is 0 Å². The van der Waals surface area contributed by atoms with Gasteiger partial charge in [-0.25, -0.2) is 4.98 Å². The van der Waals surface area contributed by atoms with Crippen molar-refractivity contribution >= 4 is 16.6 Å². The second-order valence-electron chi connectivity index (χ2n) is 7.82. The Labute approximate surface area is 165 Å². The molecule has 0 radical (unpaired) electrons. The Morgan fingerprint density at radius 2 is 2.00 bits per heavy atom. The highest BCUT2D eigenvalue weighted by Gasteiger charge is 2.13. The Kier molecular flexibility index (Phi) is 4.85. The molecular weight excluding hydrogens is 346 g/mol. The van der Waals surface area contributed by atoms with Crippen LogP contribution >= 0.6 is 0 Å². The van der Waals surface area contributed by atoms with Crippen molar-refractivity contribution in [2.45, 2.75) is 32.4 Å². The Bertz CT molecular complexity index is 1040. The molecule has 4 aromatic rings. The maximum Gasteiger partial charge on any atom is 0.136 e. The zero-order chi connectivity index (χ0) is 18.8. The van der Waals surface area contributed by atoms with E-state index in [0.29, 0.717) is 0 Å². The first-order valence-electron chi connectivity index (χ1n) is 10.3. The summed E-state index contributed by atoms with van der Waals surface area (Å²) in [6, 6.07) is 15.1. The van der Waals surface area contributed by atoms with Gasteiger partial charge in [0.25, 0.3) is 0 Å². The van der Waals surface area contributed by atoms with Crippen LogP contribution in [0.1, 0.15) is 29.8 Å². The fraction of sp³-hybridized carbons (Fsp3) is 0.348. The molecular formula is C23H27N5. The number of aromatic amines is 1. The number of rotatable bonds is 7. The molecule has 2 N–H and O–H groups in total. The second kappa shape index (κ2) is 7.78. The van der Waals surface area contributed by atoms with E-state index in [-0.39, 0.29) is 0 Å². The number of aromatic nitrogens is 3. The van der Waals surface area contributed by atoms with Gasteiger partial charge in [0.05, 0.1) is 5.69 Å². The Morgan fingerprint density at radius 3 is 2.89 bits per heavy atom. The largest absolute Gasteiger partial charge is 0.357 e. The minimum Gasteiger partial charge on any atom is -0.357 e. The van der Waals surface area contributed by atoms with Crippen LogP contribution in [0.15, 0.2) is 54.9 Å². The summed E-state index contributed by atoms with van der Waals surface area (Å²) < 4.78 is 2.08. The van der Waals surface area contributed by atoms with Gasteiger partial charge < -0.3 is 14.7 Å². The summed E-state index contributed by atoms with van der Waals surface area (Å²) in [4.78, 5) is 10.8. The summed E-state index contributed by atoms with van der Waals surface area (Å²) in [5, 5.41) is 4.87. The summed E-state index contributed by atoms with van der Waals surface area (Å²) in [6.45, 7) is 5.32. The van der Waals surface area contributed by atoms with Crippen molar-refractivity contribution in [1.82, 2.24) is 24.6 Å². The molecule has 0 aliphatic carbocycles. The SMILES string of the molecule is c1ccn2cc(CCNCc3ccc4[nH]c(CN5CCCC5)cc4c3)nc2c1. The normalized spacial score (nSPS) is 15.1. The molecule has 1 aliphatic heterocycles. The molecule has 0 unspecified atom stereocenters. The minimum atomic E-state index is 0.885. The zero-order valence-corrected chi connectivity index (χ0v) is 16.2. The van der Waals surface area contributed by atoms with Crippen LogP contribution in [-0.4, -0.2) is 38.9 Å². The highest BCUT2D eigenvalue weighted by atomic mass is 15.1. The molecule has 4 heterocycles. The van der Waals surface area contributed by atoms with E-state index in [1.54, 1.807) is 0 Å². The topological polar surface area (TPSA) is 48.4 Å². The molecule has 28 heavy (non-hydrogen) atoms. The monoisotopic (exact) mass is 373 g/mol. The van der Waals surface area contributed by atoms with Gasteiger partial charge in [-0.3, -0.25) is 4.90 Å². The molecule has 1 saturated heterocycles. The lowest BCUT2D eigenvalue weighted by molar-refractivity contribution is 0.328. The predicted octanol–water partition coefficient (Wildman–Crippen LogP) is 3.74. The van der Waals surface area contributed by atoms with E-state index in [9.17, 15) is 0 Å². The summed E-state index contributed by atoms with van der Waals surface area (Å²) >= 11 is 0. The lowest BCUT2D eigenvalue weighted by atomic mass is 10.1. The number of hydrogen-bond acceptors (Lipinski definition) is 3. The van der Waals surface area contributed by atoms with Crippen LogP contribution in [0.5, 0.6) is 0 Å². The number of hydrogen-bond donors (Lipinski definition) is 2. The molecule has 5 nitrogen and oxygen atoms in total. The third-order valence-corrected chi connectivity index (χ3v) is 5.63. The van der Waals surface area contributed by atoms with Gasteiger partial charge in [0, 0.05) is 55.0 Å². The molecule has 0 spiro atoms. The fourth-order valence-electron chi connectivity index (χ4n) is 4.18. The van der Waals surface area contributed by atoms with Crippen LogP contribution in [0.25, 0.3) is 16.6 Å². The van der Waals surface area contributed by atoms with Crippen molar-refractivity contribution in [3.05, 3.63) is 71.8 Å². The molecule has 5 rings (SSSR count). The highest BCUT2D eigenvalue weighted by molar-refractivity contribution is 5.81. The van der Waals surface area contributed by atoms with Gasteiger partial charge in [-0.1, -0.05) is 12.1 Å². The molecule has 1 aliphatic rings. The van der Waals surface area contributed by atoms with Gasteiger partial charge in [0.1, 0.15) is 5.65 Å². The standard InChI is InChI=1S/C23H27N5/c1-2-12-28-17-20(26-23(28)5-1)8-9-24-15-18-6-7-22-19(13-18)14-21(25-22)16-27-10-3-4-11-27/h1-2,5-7,12-14,17,24-25H,3-4,8-11,15-16H2. The Balaban J connectivity index is 1.16. The van der Waals surface area contributed by atoms with E-state index in [1.807, 2.05) is 24.4 Å². The molecule has 0 saturated carbocycles. The van der Waals surface area contributed by atoms with Gasteiger partial charge in [-0.15, -0.1) is 0 Å². The molecule has 0 atom stereocenters. The maximum absolute atomic E-state index is 4.66. The third kappa shape index (κ3) is 3.81. The van der Waals surface area contributed by atoms with Crippen LogP contribution < -0.4 is 5.32 Å². The van der Waals surface area contributed by atoms with Crippen molar-refractivity contribution in [2.75, 3.05) is 19.6 Å². The van der Waals surface area contributed by atoms with Crippen LogP contribution in [0.2, 0.25) is 0 Å². The van der Waals surface area contributed by atoms with Crippen LogP contribution in [0, 0.1) is 0 Å². The average molecular weight is 374 g/mol. The molecule has 144 valence electrons. The predicted molar refractivity (Wildman–Crippen MR) is 113 cm³/mol. The number of nitrogens with one attached hydrogen (secondary N) is 2. The van der Waals surface area contributed by atoms with E-state index in [2.05, 4.69) is 55.0 Å². The molecule has 0 bridgehead atoms. The van der Waals surface area contributed by atoms with Gasteiger partial charge in [-0.05, 0) is 61.8 Å². The van der Waals surface area contributed by atoms with E-state index >= 15 is 0 Å². The second-order valence-corrected chi connectivity index (χ2v) is 7.82. The Morgan fingerprint density at radius 1 is 1.07 bits per heavy atom. The van der Waals surface area contributed by atoms with Crippen molar-refractivity contribution in [3.8, 4) is 0 Å². The molecule has 1 fully saturated rings. The smallest absolute Gasteiger partial charge is 0.136 e. The van der Waals surface area contributed by atoms with Gasteiger partial charge in [-0.2, -0.15) is 0 Å². The fourth-order valence-corrected chi connectivity index (χ4v) is 4.18. The van der Waals surface area contributed by atoms with Gasteiger partial charge in [0.2, 0.25) is 0 Å². The lowest BCUT2D eigenvalue weighted by Crippen LogP contribution is -2.18. The zero-order valence-electron chi connectivity index (χ0n) is 16.2. The first-order chi connectivity index (χ1) is 13.8. The average Bonchev–Trinajstić information content (AvgIpc) is 3.44. The molecule has 1 aromatic carbocycles. The number of nitrogens with zero attached hydrogens (tertiary/aromatic N) is 3. The maximum atomic E-state index is 4.66. The van der Waals surface area contributed by atoms with Crippen molar-refractivity contribution < 1.29 is 0 Å². The van der Waals surface area contributed by atoms with Crippen molar-refractivity contribution in [2.24, 2.45) is 0 Å². The third-order valence-electron chi connectivity index (χ3n) is 5.63. The van der Waals surface area contributed by atoms with Gasteiger partial charge >= 0.3 is 0 Å². The van der Waals surface area contributed by atoms with E-state index in [1.165, 1.54) is 48.1 Å². The van der Waals surface area contributed by atoms with E-state index in [0.717, 1.165) is 37.4 Å². The molecule has 5 heteroatoms. The summed E-state index contributed by atoms with van der Waals surface area (Å²) in [6.07, 6.45) is 7.78. The lowest BCUT2D eigenvalue weighted by Gasteiger charge is -2.12. The number of likely N-dealkylation sites (tertiary alicyclic amines) is 1. The number of H-pyrrole nitrogens is 1. The van der Waals surface area contributed by atoms with E-state index in [4.69, 9.17) is 0 Å². The summed E-state index contributed by atoms with van der Waals surface area (Å²) in [7, 11) is 0. The van der Waals surface area contributed by atoms with Crippen molar-refractivity contribution in [3.63, 3.8) is 0 Å². The quantitative estimate of drug-likeness (QED) is 0.485. The number of pyridine rings is 1. The van der Waals surface area contributed by atoms with E-state index < -0.39 is 0 Å². The summed E-state index contributed by atoms with van der Waals surface area (Å²) in [5.74, 6) is 0. The first-order valence-corrected chi connectivity index (χ1v) is 10.3. The minimum absolute atomic E-state index is 0.885. The number of fused-ring (bicyclic) bond motifs is 2. The summed E-state index contributed by atoms with van der Waals surface area (Å²) in [5.41, 5.74) is 6.04. The highest BCUT2D eigenvalue weighted by Crippen LogP contribution is 2.20. The number of benzene rings is 1. The Hall–Kier alpha value is -2.63. The molecule has 3 aromatic heterocycles. The van der Waals surface area contributed by atoms with Crippen LogP contribution in [0.3, 0.4) is 0 Å².